The van der Waals surface area contributed by atoms with Crippen LogP contribution in [0.2, 0.25) is 0 Å². The molecule has 2 N–H and O–H groups in total. The maximum absolute atomic E-state index is 13.4. The van der Waals surface area contributed by atoms with E-state index in [1.807, 2.05) is 6.07 Å². The summed E-state index contributed by atoms with van der Waals surface area (Å²) in [4.78, 5) is 49.9. The van der Waals surface area contributed by atoms with Gasteiger partial charge >= 0.3 is 6.03 Å². The van der Waals surface area contributed by atoms with E-state index in [0.717, 1.165) is 31.4 Å². The van der Waals surface area contributed by atoms with Crippen molar-refractivity contribution in [1.29, 1.82) is 5.26 Å². The van der Waals surface area contributed by atoms with Crippen LogP contribution in [-0.2, 0) is 27.2 Å². The first-order chi connectivity index (χ1) is 19.5. The fourth-order valence-corrected chi connectivity index (χ4v) is 5.32. The SMILES string of the molecule is CN(Cc1cc2c(nc1C=O)N(C(=O)Nc1cc(NC3CCCOC3)c(C#N)cn1)CCC2)C(=O)C1CCCO1. The minimum absolute atomic E-state index is 0.0703. The number of aromatic nitrogens is 2. The molecule has 2 aromatic rings. The summed E-state index contributed by atoms with van der Waals surface area (Å²) in [5, 5.41) is 15.7. The molecule has 2 atom stereocenters. The Bertz CT molecular complexity index is 1310. The Morgan fingerprint density at radius 3 is 2.83 bits per heavy atom. The normalized spacial score (nSPS) is 20.2. The Labute approximate surface area is 232 Å². The van der Waals surface area contributed by atoms with Gasteiger partial charge in [0.2, 0.25) is 0 Å². The molecule has 3 aliphatic rings. The second kappa shape index (κ2) is 12.4. The first kappa shape index (κ1) is 27.5. The van der Waals surface area contributed by atoms with Crippen LogP contribution in [0.5, 0.6) is 0 Å². The lowest BCUT2D eigenvalue weighted by Gasteiger charge is -2.30. The summed E-state index contributed by atoms with van der Waals surface area (Å²) in [5.41, 5.74) is 2.59. The van der Waals surface area contributed by atoms with Crippen molar-refractivity contribution < 1.29 is 23.9 Å². The molecule has 2 unspecified atom stereocenters. The minimum Gasteiger partial charge on any atom is -0.379 e. The van der Waals surface area contributed by atoms with Crippen molar-refractivity contribution in [2.45, 2.75) is 57.2 Å². The van der Waals surface area contributed by atoms with Crippen LogP contribution >= 0.6 is 0 Å². The molecule has 0 spiro atoms. The molecule has 40 heavy (non-hydrogen) atoms. The number of fused-ring (bicyclic) bond motifs is 1. The van der Waals surface area contributed by atoms with Gasteiger partial charge in [-0.05, 0) is 50.2 Å². The molecule has 5 heterocycles. The topological polar surface area (TPSA) is 150 Å². The highest BCUT2D eigenvalue weighted by Crippen LogP contribution is 2.29. The predicted octanol–water partition coefficient (Wildman–Crippen LogP) is 2.87. The third-order valence-corrected chi connectivity index (χ3v) is 7.40. The monoisotopic (exact) mass is 547 g/mol. The van der Waals surface area contributed by atoms with Gasteiger partial charge in [-0.15, -0.1) is 0 Å². The summed E-state index contributed by atoms with van der Waals surface area (Å²) < 4.78 is 11.0. The molecule has 5 rings (SSSR count). The molecule has 0 saturated carbocycles. The smallest absolute Gasteiger partial charge is 0.328 e. The minimum atomic E-state index is -0.447. The van der Waals surface area contributed by atoms with Gasteiger partial charge in [-0.3, -0.25) is 19.8 Å². The lowest BCUT2D eigenvalue weighted by molar-refractivity contribution is -0.140. The lowest BCUT2D eigenvalue weighted by Crippen LogP contribution is -2.40. The van der Waals surface area contributed by atoms with Gasteiger partial charge < -0.3 is 19.7 Å². The first-order valence-corrected chi connectivity index (χ1v) is 13.6. The van der Waals surface area contributed by atoms with Crippen LogP contribution in [0, 0.1) is 11.3 Å². The van der Waals surface area contributed by atoms with Crippen molar-refractivity contribution in [3.8, 4) is 6.07 Å². The van der Waals surface area contributed by atoms with E-state index in [1.165, 1.54) is 11.1 Å². The van der Waals surface area contributed by atoms with Crippen LogP contribution in [0.25, 0.3) is 0 Å². The van der Waals surface area contributed by atoms with Gasteiger partial charge in [-0.2, -0.15) is 5.26 Å². The van der Waals surface area contributed by atoms with Gasteiger partial charge in [-0.1, -0.05) is 0 Å². The third-order valence-electron chi connectivity index (χ3n) is 7.40. The third kappa shape index (κ3) is 6.05. The van der Waals surface area contributed by atoms with E-state index in [1.54, 1.807) is 18.0 Å². The number of hydrogen-bond acceptors (Lipinski definition) is 9. The number of nitrogens with zero attached hydrogens (tertiary/aromatic N) is 5. The zero-order valence-electron chi connectivity index (χ0n) is 22.5. The number of rotatable bonds is 7. The maximum Gasteiger partial charge on any atom is 0.328 e. The fourth-order valence-electron chi connectivity index (χ4n) is 5.32. The number of nitriles is 1. The van der Waals surface area contributed by atoms with Crippen molar-refractivity contribution in [3.05, 3.63) is 40.7 Å². The molecule has 12 nitrogen and oxygen atoms in total. The lowest BCUT2D eigenvalue weighted by atomic mass is 10.0. The molecule has 0 radical (unpaired) electrons. The number of aldehydes is 1. The number of likely N-dealkylation sites (N-methyl/N-ethyl adjacent to an activating group) is 1. The fraction of sp³-hybridized carbons (Fsp3) is 0.500. The number of aryl methyl sites for hydroxylation is 1. The van der Waals surface area contributed by atoms with Crippen LogP contribution in [0.1, 0.15) is 59.3 Å². The molecule has 3 aliphatic heterocycles. The highest BCUT2D eigenvalue weighted by Gasteiger charge is 2.29. The van der Waals surface area contributed by atoms with E-state index in [2.05, 4.69) is 26.7 Å². The molecule has 210 valence electrons. The van der Waals surface area contributed by atoms with E-state index in [0.29, 0.717) is 67.9 Å². The van der Waals surface area contributed by atoms with E-state index >= 15 is 0 Å². The molecule has 2 saturated heterocycles. The van der Waals surface area contributed by atoms with Crippen molar-refractivity contribution in [2.75, 3.05) is 48.9 Å². The van der Waals surface area contributed by atoms with Crippen LogP contribution < -0.4 is 15.5 Å². The largest absolute Gasteiger partial charge is 0.379 e. The summed E-state index contributed by atoms with van der Waals surface area (Å²) in [5.74, 6) is 0.582. The number of nitrogens with one attached hydrogen (secondary N) is 2. The van der Waals surface area contributed by atoms with Gasteiger partial charge in [0.25, 0.3) is 5.91 Å². The summed E-state index contributed by atoms with van der Waals surface area (Å²) in [6, 6.07) is 5.27. The molecule has 2 fully saturated rings. The van der Waals surface area contributed by atoms with Crippen molar-refractivity contribution >= 4 is 35.5 Å². The van der Waals surface area contributed by atoms with Gasteiger partial charge in [-0.25, -0.2) is 14.8 Å². The molecule has 0 aromatic carbocycles. The molecule has 3 amide bonds. The van der Waals surface area contributed by atoms with Gasteiger partial charge in [0, 0.05) is 57.2 Å². The van der Waals surface area contributed by atoms with Crippen LogP contribution in [0.3, 0.4) is 0 Å². The van der Waals surface area contributed by atoms with E-state index in [-0.39, 0.29) is 30.0 Å². The first-order valence-electron chi connectivity index (χ1n) is 13.6. The van der Waals surface area contributed by atoms with Crippen molar-refractivity contribution in [1.82, 2.24) is 14.9 Å². The number of anilines is 3. The average molecular weight is 548 g/mol. The Hall–Kier alpha value is -4.08. The summed E-state index contributed by atoms with van der Waals surface area (Å²) in [6.45, 7) is 2.49. The standard InChI is InChI=1S/C28H33N7O5/c1-34(27(37)24-7-4-10-40-24)15-19-11-18-5-2-8-35(26(18)32-23(19)16-36)28(38)33-25-12-22(20(13-29)14-30-25)31-21-6-3-9-39-17-21/h11-12,14,16,21,24H,2-10,15,17H2,1H3,(H2,30,31,33,38). The molecule has 0 bridgehead atoms. The average Bonchev–Trinajstić information content (AvgIpc) is 3.52. The van der Waals surface area contributed by atoms with Crippen LogP contribution in [0.15, 0.2) is 18.3 Å². The molecular weight excluding hydrogens is 514 g/mol. The van der Waals surface area contributed by atoms with Gasteiger partial charge in [0.15, 0.2) is 6.29 Å². The number of hydrogen-bond donors (Lipinski definition) is 2. The second-order valence-electron chi connectivity index (χ2n) is 10.3. The summed E-state index contributed by atoms with van der Waals surface area (Å²) in [7, 11) is 1.69. The predicted molar refractivity (Wildman–Crippen MR) is 146 cm³/mol. The van der Waals surface area contributed by atoms with Gasteiger partial charge in [0.05, 0.1) is 17.9 Å². The van der Waals surface area contributed by atoms with Crippen LogP contribution in [-0.4, -0.2) is 78.7 Å². The number of ether oxygens (including phenoxy) is 2. The second-order valence-corrected chi connectivity index (χ2v) is 10.3. The van der Waals surface area contributed by atoms with E-state index in [4.69, 9.17) is 9.47 Å². The summed E-state index contributed by atoms with van der Waals surface area (Å²) in [6.07, 6.45) is 6.43. The zero-order chi connectivity index (χ0) is 28.1. The number of carbonyl (C=O) groups is 3. The zero-order valence-corrected chi connectivity index (χ0v) is 22.5. The number of urea groups is 1. The van der Waals surface area contributed by atoms with E-state index in [9.17, 15) is 19.6 Å². The Morgan fingerprint density at radius 1 is 1.25 bits per heavy atom. The quantitative estimate of drug-likeness (QED) is 0.499. The number of pyridine rings is 2. The number of amides is 3. The Kier molecular flexibility index (Phi) is 8.52. The Balaban J connectivity index is 1.32. The van der Waals surface area contributed by atoms with Crippen LogP contribution in [0.4, 0.5) is 22.1 Å². The van der Waals surface area contributed by atoms with E-state index < -0.39 is 12.1 Å². The summed E-state index contributed by atoms with van der Waals surface area (Å²) >= 11 is 0. The molecule has 12 heteroatoms. The maximum atomic E-state index is 13.4. The Morgan fingerprint density at radius 2 is 2.10 bits per heavy atom. The number of carbonyl (C=O) groups excluding carboxylic acids is 3. The highest BCUT2D eigenvalue weighted by atomic mass is 16.5. The highest BCUT2D eigenvalue weighted by molar-refractivity contribution is 6.02. The van der Waals surface area contributed by atoms with Gasteiger partial charge in [0.1, 0.15) is 29.5 Å². The molecule has 2 aromatic heterocycles. The van der Waals surface area contributed by atoms with Crippen molar-refractivity contribution in [3.63, 3.8) is 0 Å². The molecule has 0 aliphatic carbocycles. The van der Waals surface area contributed by atoms with Crippen molar-refractivity contribution in [2.24, 2.45) is 0 Å². The molecular formula is C28H33N7O5.